The molecule has 0 aromatic carbocycles. The molecular formula is C17H28O4S. The van der Waals surface area contributed by atoms with Crippen LogP contribution in [0.25, 0.3) is 0 Å². The number of esters is 2. The van der Waals surface area contributed by atoms with Crippen LogP contribution in [0.2, 0.25) is 0 Å². The van der Waals surface area contributed by atoms with E-state index in [4.69, 9.17) is 4.74 Å². The first-order valence-electron chi connectivity index (χ1n) is 8.27. The molecule has 0 saturated carbocycles. The lowest BCUT2D eigenvalue weighted by atomic mass is 9.99. The van der Waals surface area contributed by atoms with Gasteiger partial charge < -0.3 is 9.47 Å². The lowest BCUT2D eigenvalue weighted by Crippen LogP contribution is -2.27. The molecule has 0 aliphatic carbocycles. The van der Waals surface area contributed by atoms with E-state index in [9.17, 15) is 9.59 Å². The van der Waals surface area contributed by atoms with E-state index in [0.717, 1.165) is 18.6 Å². The molecule has 0 saturated heterocycles. The zero-order valence-electron chi connectivity index (χ0n) is 14.0. The SMILES string of the molecule is CCCCCCCCC1(C)SCC=C1OC(=O)C(=O)OCC. The Hall–Kier alpha value is -0.970. The summed E-state index contributed by atoms with van der Waals surface area (Å²) in [6.07, 6.45) is 10.3. The Morgan fingerprint density at radius 1 is 1.14 bits per heavy atom. The Morgan fingerprint density at radius 3 is 2.50 bits per heavy atom. The zero-order valence-corrected chi connectivity index (χ0v) is 14.8. The summed E-state index contributed by atoms with van der Waals surface area (Å²) in [6.45, 7) is 6.14. The van der Waals surface area contributed by atoms with E-state index in [1.807, 2.05) is 6.08 Å². The van der Waals surface area contributed by atoms with Gasteiger partial charge in [0, 0.05) is 5.75 Å². The Bertz CT molecular complexity index is 405. The third-order valence-corrected chi connectivity index (χ3v) is 5.22. The fourth-order valence-electron chi connectivity index (χ4n) is 2.51. The molecule has 126 valence electrons. The number of carbonyl (C=O) groups excluding carboxylic acids is 2. The Kier molecular flexibility index (Phi) is 8.61. The van der Waals surface area contributed by atoms with Crippen molar-refractivity contribution in [3.8, 4) is 0 Å². The number of hydrogen-bond acceptors (Lipinski definition) is 5. The van der Waals surface area contributed by atoms with Gasteiger partial charge in [-0.25, -0.2) is 9.59 Å². The molecule has 1 aliphatic heterocycles. The highest BCUT2D eigenvalue weighted by atomic mass is 32.2. The van der Waals surface area contributed by atoms with Crippen LogP contribution in [-0.4, -0.2) is 29.0 Å². The zero-order chi connectivity index (χ0) is 16.4. The lowest BCUT2D eigenvalue weighted by molar-refractivity contribution is -0.165. The van der Waals surface area contributed by atoms with Crippen LogP contribution in [0.4, 0.5) is 0 Å². The molecule has 1 atom stereocenters. The summed E-state index contributed by atoms with van der Waals surface area (Å²) >= 11 is 1.77. The minimum Gasteiger partial charge on any atom is -0.458 e. The molecule has 22 heavy (non-hydrogen) atoms. The van der Waals surface area contributed by atoms with Gasteiger partial charge in [-0.15, -0.1) is 11.8 Å². The summed E-state index contributed by atoms with van der Waals surface area (Å²) < 4.78 is 9.73. The van der Waals surface area contributed by atoms with Crippen molar-refractivity contribution < 1.29 is 19.1 Å². The summed E-state index contributed by atoms with van der Waals surface area (Å²) in [5.41, 5.74) is 0. The molecule has 0 amide bonds. The van der Waals surface area contributed by atoms with Crippen molar-refractivity contribution in [1.82, 2.24) is 0 Å². The molecule has 0 bridgehead atoms. The highest BCUT2D eigenvalue weighted by Gasteiger charge is 2.37. The van der Waals surface area contributed by atoms with Gasteiger partial charge in [0.25, 0.3) is 0 Å². The molecule has 0 aromatic heterocycles. The summed E-state index contributed by atoms with van der Waals surface area (Å²) in [6, 6.07) is 0. The maximum absolute atomic E-state index is 11.7. The highest BCUT2D eigenvalue weighted by molar-refractivity contribution is 8.01. The third kappa shape index (κ3) is 6.03. The summed E-state index contributed by atoms with van der Waals surface area (Å²) in [4.78, 5) is 23.0. The van der Waals surface area contributed by atoms with Gasteiger partial charge in [0.2, 0.25) is 0 Å². The standard InChI is InChI=1S/C17H28O4S/c1-4-6-7-8-9-10-12-17(3)14(11-13-22-17)21-16(19)15(18)20-5-2/h11H,4-10,12-13H2,1-3H3. The molecule has 0 N–H and O–H groups in total. The summed E-state index contributed by atoms with van der Waals surface area (Å²) in [7, 11) is 0. The Balaban J connectivity index is 2.40. The average Bonchev–Trinajstić information content (AvgIpc) is 2.84. The van der Waals surface area contributed by atoms with Crippen LogP contribution < -0.4 is 0 Å². The second-order valence-corrected chi connectivity index (χ2v) is 7.26. The van der Waals surface area contributed by atoms with E-state index in [0.29, 0.717) is 5.76 Å². The van der Waals surface area contributed by atoms with Gasteiger partial charge in [-0.1, -0.05) is 45.4 Å². The quantitative estimate of drug-likeness (QED) is 0.360. The van der Waals surface area contributed by atoms with Crippen LogP contribution >= 0.6 is 11.8 Å². The minimum absolute atomic E-state index is 0.177. The highest BCUT2D eigenvalue weighted by Crippen LogP contribution is 2.43. The molecule has 0 aromatic rings. The van der Waals surface area contributed by atoms with Gasteiger partial charge in [-0.05, 0) is 26.3 Å². The molecule has 0 spiro atoms. The van der Waals surface area contributed by atoms with Crippen LogP contribution in [0.3, 0.4) is 0 Å². The van der Waals surface area contributed by atoms with Gasteiger partial charge in [0.1, 0.15) is 5.76 Å². The number of thioether (sulfide) groups is 1. The predicted molar refractivity (Wildman–Crippen MR) is 89.7 cm³/mol. The number of carbonyl (C=O) groups is 2. The maximum Gasteiger partial charge on any atom is 0.422 e. The molecule has 1 rings (SSSR count). The first-order valence-corrected chi connectivity index (χ1v) is 9.25. The van der Waals surface area contributed by atoms with Gasteiger partial charge in [-0.3, -0.25) is 0 Å². The van der Waals surface area contributed by atoms with Crippen molar-refractivity contribution in [3.63, 3.8) is 0 Å². The number of unbranched alkanes of at least 4 members (excludes halogenated alkanes) is 5. The third-order valence-electron chi connectivity index (χ3n) is 3.84. The van der Waals surface area contributed by atoms with Gasteiger partial charge >= 0.3 is 11.9 Å². The van der Waals surface area contributed by atoms with Crippen molar-refractivity contribution in [2.45, 2.75) is 70.5 Å². The number of rotatable bonds is 9. The predicted octanol–water partition coefficient (Wildman–Crippen LogP) is 4.23. The van der Waals surface area contributed by atoms with E-state index >= 15 is 0 Å². The molecule has 1 aliphatic rings. The molecule has 4 nitrogen and oxygen atoms in total. The van der Waals surface area contributed by atoms with Gasteiger partial charge in [0.05, 0.1) is 11.4 Å². The van der Waals surface area contributed by atoms with Crippen molar-refractivity contribution in [2.75, 3.05) is 12.4 Å². The van der Waals surface area contributed by atoms with E-state index in [-0.39, 0.29) is 11.4 Å². The smallest absolute Gasteiger partial charge is 0.422 e. The van der Waals surface area contributed by atoms with Crippen molar-refractivity contribution in [3.05, 3.63) is 11.8 Å². The molecule has 0 radical (unpaired) electrons. The second-order valence-electron chi connectivity index (χ2n) is 5.74. The Morgan fingerprint density at radius 2 is 1.82 bits per heavy atom. The fraction of sp³-hybridized carbons (Fsp3) is 0.765. The monoisotopic (exact) mass is 328 g/mol. The van der Waals surface area contributed by atoms with Gasteiger partial charge in [-0.2, -0.15) is 0 Å². The molecule has 0 fully saturated rings. The molecule has 5 heteroatoms. The van der Waals surface area contributed by atoms with Crippen LogP contribution in [0, 0.1) is 0 Å². The molecule has 1 unspecified atom stereocenters. The van der Waals surface area contributed by atoms with Crippen LogP contribution in [0.15, 0.2) is 11.8 Å². The van der Waals surface area contributed by atoms with Crippen LogP contribution in [0.1, 0.15) is 65.7 Å². The first-order chi connectivity index (χ1) is 10.5. The van der Waals surface area contributed by atoms with Crippen molar-refractivity contribution in [2.24, 2.45) is 0 Å². The van der Waals surface area contributed by atoms with E-state index in [1.165, 1.54) is 32.1 Å². The first kappa shape index (κ1) is 19.1. The van der Waals surface area contributed by atoms with Crippen molar-refractivity contribution >= 4 is 23.7 Å². The largest absolute Gasteiger partial charge is 0.458 e. The second kappa shape index (κ2) is 9.93. The molecular weight excluding hydrogens is 300 g/mol. The van der Waals surface area contributed by atoms with E-state index < -0.39 is 11.9 Å². The molecule has 1 heterocycles. The van der Waals surface area contributed by atoms with Crippen molar-refractivity contribution in [1.29, 1.82) is 0 Å². The normalized spacial score (nSPS) is 20.6. The maximum atomic E-state index is 11.7. The number of ether oxygens (including phenoxy) is 2. The van der Waals surface area contributed by atoms with E-state index in [2.05, 4.69) is 18.6 Å². The average molecular weight is 328 g/mol. The van der Waals surface area contributed by atoms with Crippen LogP contribution in [-0.2, 0) is 19.1 Å². The topological polar surface area (TPSA) is 52.6 Å². The summed E-state index contributed by atoms with van der Waals surface area (Å²) in [5.74, 6) is -0.395. The summed E-state index contributed by atoms with van der Waals surface area (Å²) in [5, 5.41) is 0. The van der Waals surface area contributed by atoms with Gasteiger partial charge in [0.15, 0.2) is 0 Å². The van der Waals surface area contributed by atoms with E-state index in [1.54, 1.807) is 18.7 Å². The van der Waals surface area contributed by atoms with Crippen LogP contribution in [0.5, 0.6) is 0 Å². The fourth-order valence-corrected chi connectivity index (χ4v) is 3.67. The minimum atomic E-state index is -0.915. The Labute approximate surface area is 138 Å². The lowest BCUT2D eigenvalue weighted by Gasteiger charge is -2.26. The number of hydrogen-bond donors (Lipinski definition) is 0.